The van der Waals surface area contributed by atoms with Crippen LogP contribution in [0.1, 0.15) is 45.9 Å². The first-order valence-corrected chi connectivity index (χ1v) is 4.23. The molecule has 1 aliphatic rings. The smallest absolute Gasteiger partial charge is 0.373 e. The van der Waals surface area contributed by atoms with Gasteiger partial charge in [0, 0.05) is 18.2 Å². The zero-order valence-corrected chi connectivity index (χ0v) is 7.52. The number of hydrogen-bond acceptors (Lipinski definition) is 4. The molecule has 1 N–H and O–H groups in total. The molecule has 0 saturated heterocycles. The molecule has 0 aromatic carbocycles. The summed E-state index contributed by atoms with van der Waals surface area (Å²) >= 11 is 0. The van der Waals surface area contributed by atoms with Gasteiger partial charge in [-0.1, -0.05) is 6.92 Å². The summed E-state index contributed by atoms with van der Waals surface area (Å²) in [6, 6.07) is 0. The Morgan fingerprint density at radius 3 is 3.00 bits per heavy atom. The fourth-order valence-electron chi connectivity index (χ4n) is 1.56. The highest BCUT2D eigenvalue weighted by Crippen LogP contribution is 2.30. The van der Waals surface area contributed by atoms with Gasteiger partial charge >= 0.3 is 5.97 Å². The van der Waals surface area contributed by atoms with Gasteiger partial charge in [-0.3, -0.25) is 4.79 Å². The van der Waals surface area contributed by atoms with Crippen LogP contribution in [0, 0.1) is 0 Å². The second kappa shape index (κ2) is 2.87. The van der Waals surface area contributed by atoms with Crippen LogP contribution in [0.2, 0.25) is 0 Å². The Balaban J connectivity index is 2.55. The minimum Gasteiger partial charge on any atom is -0.475 e. The maximum Gasteiger partial charge on any atom is 0.373 e. The Morgan fingerprint density at radius 1 is 1.64 bits per heavy atom. The second-order valence-corrected chi connectivity index (χ2v) is 3.33. The fraction of sp³-hybridized carbons (Fsp3) is 0.333. The molecule has 0 aliphatic heterocycles. The number of rotatable bonds is 1. The van der Waals surface area contributed by atoms with Crippen molar-refractivity contribution in [1.82, 2.24) is 9.97 Å². The molecule has 0 saturated carbocycles. The molecule has 5 heteroatoms. The molecule has 0 spiro atoms. The number of carbonyl (C=O) groups is 2. The van der Waals surface area contributed by atoms with Crippen LogP contribution in [0.15, 0.2) is 6.20 Å². The van der Waals surface area contributed by atoms with Crippen LogP contribution in [0.5, 0.6) is 0 Å². The Labute approximate surface area is 79.8 Å². The Bertz CT molecular complexity index is 428. The summed E-state index contributed by atoms with van der Waals surface area (Å²) in [5, 5.41) is 8.63. The summed E-state index contributed by atoms with van der Waals surface area (Å²) < 4.78 is 0. The van der Waals surface area contributed by atoms with Gasteiger partial charge in [0.15, 0.2) is 5.78 Å². The van der Waals surface area contributed by atoms with Crippen molar-refractivity contribution in [3.63, 3.8) is 0 Å². The van der Waals surface area contributed by atoms with Crippen molar-refractivity contribution in [2.24, 2.45) is 0 Å². The average molecular weight is 192 g/mol. The Morgan fingerprint density at radius 2 is 2.36 bits per heavy atom. The normalized spacial score (nSPS) is 19.5. The van der Waals surface area contributed by atoms with Crippen LogP contribution >= 0.6 is 0 Å². The number of aromatic nitrogens is 2. The number of Topliss-reactive ketones (excluding diaryl/α,β-unsaturated/α-hetero) is 1. The third kappa shape index (κ3) is 1.17. The first-order chi connectivity index (χ1) is 6.59. The number of carbonyl (C=O) groups excluding carboxylic acids is 1. The second-order valence-electron chi connectivity index (χ2n) is 3.33. The molecule has 14 heavy (non-hydrogen) atoms. The standard InChI is InChI=1S/C9H8N2O3/c1-4-2-6(12)7-5(4)3-10-8(11-7)9(13)14/h3-4H,2H2,1H3,(H,13,14). The van der Waals surface area contributed by atoms with Gasteiger partial charge in [-0.2, -0.15) is 0 Å². The number of carboxylic acid groups (broad SMARTS) is 1. The largest absolute Gasteiger partial charge is 0.475 e. The van der Waals surface area contributed by atoms with Gasteiger partial charge in [0.05, 0.1) is 0 Å². The van der Waals surface area contributed by atoms with E-state index in [2.05, 4.69) is 9.97 Å². The quantitative estimate of drug-likeness (QED) is 0.713. The minimum atomic E-state index is -1.21. The highest BCUT2D eigenvalue weighted by atomic mass is 16.4. The molecule has 0 bridgehead atoms. The zero-order valence-electron chi connectivity index (χ0n) is 7.52. The monoisotopic (exact) mass is 192 g/mol. The van der Waals surface area contributed by atoms with Crippen LogP contribution in [-0.2, 0) is 0 Å². The number of carboxylic acids is 1. The fourth-order valence-corrected chi connectivity index (χ4v) is 1.56. The highest BCUT2D eigenvalue weighted by Gasteiger charge is 2.29. The van der Waals surface area contributed by atoms with E-state index in [9.17, 15) is 9.59 Å². The summed E-state index contributed by atoms with van der Waals surface area (Å²) in [7, 11) is 0. The lowest BCUT2D eigenvalue weighted by Gasteiger charge is -2.00. The summed E-state index contributed by atoms with van der Waals surface area (Å²) in [5.41, 5.74) is 1.02. The van der Waals surface area contributed by atoms with Crippen molar-refractivity contribution < 1.29 is 14.7 Å². The van der Waals surface area contributed by atoms with Crippen LogP contribution in [0.4, 0.5) is 0 Å². The van der Waals surface area contributed by atoms with Crippen molar-refractivity contribution in [2.75, 3.05) is 0 Å². The van der Waals surface area contributed by atoms with Crippen molar-refractivity contribution in [2.45, 2.75) is 19.3 Å². The molecule has 72 valence electrons. The molecule has 0 amide bonds. The number of ketones is 1. The molecule has 2 rings (SSSR count). The lowest BCUT2D eigenvalue weighted by atomic mass is 10.1. The summed E-state index contributed by atoms with van der Waals surface area (Å²) in [6.07, 6.45) is 1.83. The SMILES string of the molecule is CC1CC(=O)c2nc(C(=O)O)ncc21. The van der Waals surface area contributed by atoms with E-state index in [1.54, 1.807) is 0 Å². The molecular formula is C9H8N2O3. The lowest BCUT2D eigenvalue weighted by Crippen LogP contribution is -2.08. The third-order valence-corrected chi connectivity index (χ3v) is 2.29. The average Bonchev–Trinajstić information content (AvgIpc) is 2.42. The molecule has 1 heterocycles. The molecule has 1 unspecified atom stereocenters. The summed E-state index contributed by atoms with van der Waals surface area (Å²) in [5.74, 6) is -1.52. The first kappa shape index (κ1) is 8.80. The number of nitrogens with zero attached hydrogens (tertiary/aromatic N) is 2. The molecule has 1 aromatic rings. The lowest BCUT2D eigenvalue weighted by molar-refractivity contribution is 0.0683. The van der Waals surface area contributed by atoms with Crippen LogP contribution in [-0.4, -0.2) is 26.8 Å². The van der Waals surface area contributed by atoms with E-state index >= 15 is 0 Å². The van der Waals surface area contributed by atoms with Gasteiger partial charge in [-0.05, 0) is 5.92 Å². The molecule has 1 aliphatic carbocycles. The minimum absolute atomic E-state index is 0.0975. The van der Waals surface area contributed by atoms with Crippen molar-refractivity contribution in [3.05, 3.63) is 23.3 Å². The van der Waals surface area contributed by atoms with E-state index in [0.717, 1.165) is 5.56 Å². The topological polar surface area (TPSA) is 80.2 Å². The van der Waals surface area contributed by atoms with Crippen LogP contribution in [0.3, 0.4) is 0 Å². The maximum atomic E-state index is 11.4. The van der Waals surface area contributed by atoms with Crippen LogP contribution < -0.4 is 0 Å². The number of hydrogen-bond donors (Lipinski definition) is 1. The van der Waals surface area contributed by atoms with Gasteiger partial charge < -0.3 is 5.11 Å². The van der Waals surface area contributed by atoms with Gasteiger partial charge in [-0.25, -0.2) is 14.8 Å². The van der Waals surface area contributed by atoms with Gasteiger partial charge in [0.2, 0.25) is 5.82 Å². The highest BCUT2D eigenvalue weighted by molar-refractivity contribution is 6.00. The van der Waals surface area contributed by atoms with E-state index in [-0.39, 0.29) is 23.2 Å². The third-order valence-electron chi connectivity index (χ3n) is 2.29. The van der Waals surface area contributed by atoms with E-state index in [0.29, 0.717) is 6.42 Å². The van der Waals surface area contributed by atoms with Crippen LogP contribution in [0.25, 0.3) is 0 Å². The molecular weight excluding hydrogens is 184 g/mol. The van der Waals surface area contributed by atoms with Crippen molar-refractivity contribution in [1.29, 1.82) is 0 Å². The number of fused-ring (bicyclic) bond motifs is 1. The van der Waals surface area contributed by atoms with Crippen molar-refractivity contribution >= 4 is 11.8 Å². The molecule has 0 fully saturated rings. The molecule has 1 atom stereocenters. The Kier molecular flexibility index (Phi) is 1.80. The predicted octanol–water partition coefficient (Wildman–Crippen LogP) is 0.865. The van der Waals surface area contributed by atoms with E-state index in [1.165, 1.54) is 6.20 Å². The summed E-state index contributed by atoms with van der Waals surface area (Å²) in [6.45, 7) is 1.90. The van der Waals surface area contributed by atoms with Gasteiger partial charge in [-0.15, -0.1) is 0 Å². The first-order valence-electron chi connectivity index (χ1n) is 4.23. The number of aromatic carboxylic acids is 1. The molecule has 5 nitrogen and oxygen atoms in total. The summed E-state index contributed by atoms with van der Waals surface area (Å²) in [4.78, 5) is 29.3. The van der Waals surface area contributed by atoms with Gasteiger partial charge in [0.25, 0.3) is 0 Å². The van der Waals surface area contributed by atoms with Crippen molar-refractivity contribution in [3.8, 4) is 0 Å². The molecule has 0 radical (unpaired) electrons. The zero-order chi connectivity index (χ0) is 10.3. The maximum absolute atomic E-state index is 11.4. The van der Waals surface area contributed by atoms with Gasteiger partial charge in [0.1, 0.15) is 5.69 Å². The molecule has 1 aromatic heterocycles. The van der Waals surface area contributed by atoms with E-state index in [4.69, 9.17) is 5.11 Å². The Hall–Kier alpha value is -1.78. The van der Waals surface area contributed by atoms with E-state index in [1.807, 2.05) is 6.92 Å². The van der Waals surface area contributed by atoms with E-state index < -0.39 is 5.97 Å². The predicted molar refractivity (Wildman–Crippen MR) is 46.4 cm³/mol.